The van der Waals surface area contributed by atoms with Gasteiger partial charge in [0.25, 0.3) is 0 Å². The number of rotatable bonds is 3. The van der Waals surface area contributed by atoms with Crippen LogP contribution in [0.4, 0.5) is 0 Å². The summed E-state index contributed by atoms with van der Waals surface area (Å²) in [6.45, 7) is 9.96. The number of nitrogens with zero attached hydrogens (tertiary/aromatic N) is 2. The second kappa shape index (κ2) is 12.1. The molecule has 0 saturated heterocycles. The molecule has 0 atom stereocenters. The SMILES string of the molecule is Cc1ccc(O)c(-c2ccccn2)c1.[2H]C(C)(C)c1ccc2ccnc(-c3[c-]c(C)cc(C)c3)c2c1.[Ir]. The van der Waals surface area contributed by atoms with E-state index in [4.69, 9.17) is 1.37 Å². The molecule has 2 aromatic heterocycles. The molecular formula is C32H31IrN2O-. The Morgan fingerprint density at radius 2 is 1.64 bits per heavy atom. The van der Waals surface area contributed by atoms with Crippen molar-refractivity contribution in [2.45, 2.75) is 40.5 Å². The molecule has 0 saturated carbocycles. The van der Waals surface area contributed by atoms with Crippen molar-refractivity contribution in [1.82, 2.24) is 9.97 Å². The average molecular weight is 653 g/mol. The van der Waals surface area contributed by atoms with Crippen molar-refractivity contribution in [2.75, 3.05) is 0 Å². The Labute approximate surface area is 229 Å². The summed E-state index contributed by atoms with van der Waals surface area (Å²) >= 11 is 0. The number of phenolic OH excluding ortho intramolecular Hbond substituents is 1. The van der Waals surface area contributed by atoms with E-state index in [-0.39, 0.29) is 25.9 Å². The second-order valence-electron chi connectivity index (χ2n) is 9.09. The van der Waals surface area contributed by atoms with Gasteiger partial charge in [0.1, 0.15) is 5.75 Å². The molecule has 0 amide bonds. The van der Waals surface area contributed by atoms with Gasteiger partial charge in [-0.25, -0.2) is 0 Å². The fourth-order valence-electron chi connectivity index (χ4n) is 4.09. The van der Waals surface area contributed by atoms with Gasteiger partial charge in [0, 0.05) is 39.4 Å². The molecule has 36 heavy (non-hydrogen) atoms. The molecule has 0 unspecified atom stereocenters. The predicted molar refractivity (Wildman–Crippen MR) is 146 cm³/mol. The van der Waals surface area contributed by atoms with E-state index in [1.54, 1.807) is 12.3 Å². The smallest absolute Gasteiger partial charge is 0.124 e. The van der Waals surface area contributed by atoms with Crippen LogP contribution >= 0.6 is 0 Å². The monoisotopic (exact) mass is 653 g/mol. The predicted octanol–water partition coefficient (Wildman–Crippen LogP) is 8.20. The van der Waals surface area contributed by atoms with Crippen LogP contribution in [0.5, 0.6) is 5.75 Å². The standard InChI is InChI=1S/C20H20N.C12H11NO.Ir/c1-13(2)17-6-5-16-7-8-21-20(19(16)12-17)18-10-14(3)9-15(4)11-18;1-9-5-6-12(14)10(8-9)11-4-2-3-7-13-11;/h5-10,12-13H,1-4H3;2-8,14H,1H3;/q-1;;/i13D;;. The summed E-state index contributed by atoms with van der Waals surface area (Å²) in [5.41, 5.74) is 7.98. The van der Waals surface area contributed by atoms with E-state index < -0.39 is 5.89 Å². The second-order valence-corrected chi connectivity index (χ2v) is 9.09. The first-order chi connectivity index (χ1) is 17.1. The minimum absolute atomic E-state index is 0. The van der Waals surface area contributed by atoms with Crippen LogP contribution in [0.25, 0.3) is 33.3 Å². The number of aromatic nitrogens is 2. The molecule has 0 aliphatic rings. The third kappa shape index (κ3) is 6.46. The third-order valence-corrected chi connectivity index (χ3v) is 5.84. The molecule has 5 aromatic rings. The molecule has 0 aliphatic carbocycles. The van der Waals surface area contributed by atoms with E-state index in [1.165, 1.54) is 5.56 Å². The molecule has 3 aromatic carbocycles. The molecule has 1 radical (unpaired) electrons. The van der Waals surface area contributed by atoms with Crippen molar-refractivity contribution < 1.29 is 26.6 Å². The zero-order valence-corrected chi connectivity index (χ0v) is 23.7. The van der Waals surface area contributed by atoms with Gasteiger partial charge in [-0.1, -0.05) is 63.6 Å². The van der Waals surface area contributed by atoms with Crippen molar-refractivity contribution in [3.8, 4) is 28.3 Å². The Kier molecular flexibility index (Phi) is 8.64. The molecule has 0 spiro atoms. The molecule has 3 nitrogen and oxygen atoms in total. The van der Waals surface area contributed by atoms with Gasteiger partial charge in [-0.2, -0.15) is 0 Å². The maximum atomic E-state index is 9.65. The Balaban J connectivity index is 0.000000220. The largest absolute Gasteiger partial charge is 0.507 e. The van der Waals surface area contributed by atoms with E-state index in [0.717, 1.165) is 50.0 Å². The summed E-state index contributed by atoms with van der Waals surface area (Å²) in [6.07, 6.45) is 3.56. The van der Waals surface area contributed by atoms with E-state index >= 15 is 0 Å². The summed E-state index contributed by atoms with van der Waals surface area (Å²) in [5, 5.41) is 11.9. The van der Waals surface area contributed by atoms with Gasteiger partial charge in [0.05, 0.1) is 5.69 Å². The van der Waals surface area contributed by atoms with Crippen molar-refractivity contribution in [3.63, 3.8) is 0 Å². The van der Waals surface area contributed by atoms with E-state index in [0.29, 0.717) is 0 Å². The van der Waals surface area contributed by atoms with Crippen LogP contribution in [-0.2, 0) is 20.1 Å². The van der Waals surface area contributed by atoms with Crippen molar-refractivity contribution in [1.29, 1.82) is 0 Å². The van der Waals surface area contributed by atoms with E-state index in [2.05, 4.69) is 54.1 Å². The number of aryl methyl sites for hydroxylation is 3. The normalized spacial score (nSPS) is 11.2. The molecular weight excluding hydrogens is 621 g/mol. The fourth-order valence-corrected chi connectivity index (χ4v) is 4.09. The summed E-state index contributed by atoms with van der Waals surface area (Å²) in [4.78, 5) is 8.78. The van der Waals surface area contributed by atoms with Crippen LogP contribution in [0.3, 0.4) is 0 Å². The first kappa shape index (κ1) is 25.8. The number of benzene rings is 3. The summed E-state index contributed by atoms with van der Waals surface area (Å²) in [6, 6.07) is 27.0. The van der Waals surface area contributed by atoms with Crippen LogP contribution in [0.15, 0.2) is 85.2 Å². The van der Waals surface area contributed by atoms with Gasteiger partial charge in [0.15, 0.2) is 0 Å². The topological polar surface area (TPSA) is 46.0 Å². The number of phenols is 1. The minimum Gasteiger partial charge on any atom is -0.507 e. The van der Waals surface area contributed by atoms with Gasteiger partial charge >= 0.3 is 0 Å². The Morgan fingerprint density at radius 3 is 2.33 bits per heavy atom. The van der Waals surface area contributed by atoms with E-state index in [1.807, 2.05) is 69.4 Å². The van der Waals surface area contributed by atoms with Crippen LogP contribution in [0, 0.1) is 26.8 Å². The van der Waals surface area contributed by atoms with Crippen LogP contribution in [0.2, 0.25) is 0 Å². The first-order valence-electron chi connectivity index (χ1n) is 12.2. The molecule has 1 N–H and O–H groups in total. The van der Waals surface area contributed by atoms with Gasteiger partial charge < -0.3 is 10.1 Å². The fraction of sp³-hybridized carbons (Fsp3) is 0.188. The average Bonchev–Trinajstić information content (AvgIpc) is 2.84. The van der Waals surface area contributed by atoms with Gasteiger partial charge in [-0.05, 0) is 65.2 Å². The van der Waals surface area contributed by atoms with Crippen molar-refractivity contribution >= 4 is 10.8 Å². The number of aromatic hydroxyl groups is 1. The quantitative estimate of drug-likeness (QED) is 0.200. The molecule has 2 heterocycles. The van der Waals surface area contributed by atoms with E-state index in [9.17, 15) is 5.11 Å². The number of pyridine rings is 2. The van der Waals surface area contributed by atoms with Crippen LogP contribution < -0.4 is 0 Å². The number of fused-ring (bicyclic) bond motifs is 1. The molecule has 0 aliphatic heterocycles. The van der Waals surface area contributed by atoms with Crippen LogP contribution in [0.1, 0.15) is 43.4 Å². The summed E-state index contributed by atoms with van der Waals surface area (Å²) in [5.74, 6) is -0.345. The Bertz CT molecular complexity index is 1490. The molecule has 185 valence electrons. The van der Waals surface area contributed by atoms with Gasteiger partial charge in [-0.3, -0.25) is 4.98 Å². The molecule has 5 rings (SSSR count). The maximum absolute atomic E-state index is 9.65. The Hall–Kier alpha value is -3.33. The first-order valence-corrected chi connectivity index (χ1v) is 11.7. The maximum Gasteiger partial charge on any atom is 0.124 e. The third-order valence-electron chi connectivity index (χ3n) is 5.84. The number of hydrogen-bond donors (Lipinski definition) is 1. The zero-order valence-electron chi connectivity index (χ0n) is 22.3. The minimum atomic E-state index is -0.618. The Morgan fingerprint density at radius 1 is 0.833 bits per heavy atom. The van der Waals surface area contributed by atoms with Crippen molar-refractivity contribution in [2.24, 2.45) is 0 Å². The van der Waals surface area contributed by atoms with Crippen molar-refractivity contribution in [3.05, 3.63) is 114 Å². The molecule has 4 heteroatoms. The molecule has 0 bridgehead atoms. The van der Waals surface area contributed by atoms with Crippen LogP contribution in [-0.4, -0.2) is 15.1 Å². The molecule has 0 fully saturated rings. The summed E-state index contributed by atoms with van der Waals surface area (Å²) < 4.78 is 8.26. The van der Waals surface area contributed by atoms with Gasteiger partial charge in [-0.15, -0.1) is 34.9 Å². The van der Waals surface area contributed by atoms with Gasteiger partial charge in [0.2, 0.25) is 0 Å². The number of hydrogen-bond acceptors (Lipinski definition) is 3. The zero-order chi connectivity index (χ0) is 25.9. The summed E-state index contributed by atoms with van der Waals surface area (Å²) in [7, 11) is 0.